The van der Waals surface area contributed by atoms with E-state index in [0.717, 1.165) is 11.4 Å². The SMILES string of the molecule is CC(C)c1ccc(SCc2nc(Cl)ccc2Cl)cc1. The van der Waals surface area contributed by atoms with Crippen LogP contribution in [-0.4, -0.2) is 4.98 Å². The lowest BCUT2D eigenvalue weighted by molar-refractivity contribution is 0.865. The van der Waals surface area contributed by atoms with Gasteiger partial charge >= 0.3 is 0 Å². The topological polar surface area (TPSA) is 12.9 Å². The van der Waals surface area contributed by atoms with Gasteiger partial charge in [0.05, 0.1) is 10.7 Å². The number of nitrogens with zero attached hydrogens (tertiary/aromatic N) is 1. The van der Waals surface area contributed by atoms with Crippen molar-refractivity contribution in [3.8, 4) is 0 Å². The number of rotatable bonds is 4. The van der Waals surface area contributed by atoms with Gasteiger partial charge in [0.1, 0.15) is 5.15 Å². The number of aromatic nitrogens is 1. The second-order valence-electron chi connectivity index (χ2n) is 4.57. The third-order valence-corrected chi connectivity index (χ3v) is 4.38. The summed E-state index contributed by atoms with van der Waals surface area (Å²) in [6.45, 7) is 4.38. The maximum absolute atomic E-state index is 6.09. The van der Waals surface area contributed by atoms with Gasteiger partial charge in [0.15, 0.2) is 0 Å². The molecule has 0 fully saturated rings. The molecule has 1 nitrogen and oxygen atoms in total. The van der Waals surface area contributed by atoms with Crippen LogP contribution in [0.2, 0.25) is 10.2 Å². The molecule has 0 atom stereocenters. The molecule has 0 N–H and O–H groups in total. The highest BCUT2D eigenvalue weighted by molar-refractivity contribution is 7.98. The van der Waals surface area contributed by atoms with E-state index in [1.807, 2.05) is 0 Å². The predicted molar refractivity (Wildman–Crippen MR) is 84.3 cm³/mol. The minimum Gasteiger partial charge on any atom is -0.239 e. The van der Waals surface area contributed by atoms with Crippen LogP contribution in [0.3, 0.4) is 0 Å². The molecular weight excluding hydrogens is 297 g/mol. The molecule has 0 radical (unpaired) electrons. The van der Waals surface area contributed by atoms with Crippen molar-refractivity contribution in [1.82, 2.24) is 4.98 Å². The highest BCUT2D eigenvalue weighted by Crippen LogP contribution is 2.27. The van der Waals surface area contributed by atoms with E-state index in [4.69, 9.17) is 23.2 Å². The first kappa shape index (κ1) is 14.7. The van der Waals surface area contributed by atoms with Gasteiger partial charge in [-0.3, -0.25) is 0 Å². The molecule has 1 aromatic heterocycles. The summed E-state index contributed by atoms with van der Waals surface area (Å²) in [5.74, 6) is 1.28. The lowest BCUT2D eigenvalue weighted by atomic mass is 10.0. The van der Waals surface area contributed by atoms with Gasteiger partial charge in [-0.25, -0.2) is 4.98 Å². The smallest absolute Gasteiger partial charge is 0.129 e. The minimum atomic E-state index is 0.482. The average molecular weight is 312 g/mol. The quantitative estimate of drug-likeness (QED) is 0.522. The highest BCUT2D eigenvalue weighted by atomic mass is 35.5. The number of benzene rings is 1. The molecule has 2 aromatic rings. The van der Waals surface area contributed by atoms with Crippen LogP contribution in [0.15, 0.2) is 41.3 Å². The van der Waals surface area contributed by atoms with Crippen molar-refractivity contribution < 1.29 is 0 Å². The molecule has 1 aromatic carbocycles. The van der Waals surface area contributed by atoms with E-state index in [1.165, 1.54) is 10.5 Å². The average Bonchev–Trinajstić information content (AvgIpc) is 2.40. The Kier molecular flexibility index (Phi) is 5.14. The monoisotopic (exact) mass is 311 g/mol. The Balaban J connectivity index is 2.04. The molecule has 0 saturated carbocycles. The van der Waals surface area contributed by atoms with Crippen LogP contribution in [0.5, 0.6) is 0 Å². The second kappa shape index (κ2) is 6.65. The highest BCUT2D eigenvalue weighted by Gasteiger charge is 2.05. The Morgan fingerprint density at radius 3 is 2.37 bits per heavy atom. The van der Waals surface area contributed by atoms with E-state index in [1.54, 1.807) is 23.9 Å². The first-order valence-corrected chi connectivity index (χ1v) is 7.84. The van der Waals surface area contributed by atoms with Crippen LogP contribution >= 0.6 is 35.0 Å². The molecule has 0 unspecified atom stereocenters. The summed E-state index contributed by atoms with van der Waals surface area (Å²) in [5, 5.41) is 1.14. The first-order chi connectivity index (χ1) is 9.06. The third kappa shape index (κ3) is 4.13. The summed E-state index contributed by atoms with van der Waals surface area (Å²) in [4.78, 5) is 5.46. The molecule has 0 aliphatic carbocycles. The fraction of sp³-hybridized carbons (Fsp3) is 0.267. The van der Waals surface area contributed by atoms with Crippen LogP contribution in [0.4, 0.5) is 0 Å². The molecule has 0 amide bonds. The van der Waals surface area contributed by atoms with Gasteiger partial charge in [0.25, 0.3) is 0 Å². The Morgan fingerprint density at radius 2 is 1.74 bits per heavy atom. The Morgan fingerprint density at radius 1 is 1.05 bits per heavy atom. The normalized spacial score (nSPS) is 11.0. The number of hydrogen-bond acceptors (Lipinski definition) is 2. The van der Waals surface area contributed by atoms with Crippen molar-refractivity contribution in [1.29, 1.82) is 0 Å². The van der Waals surface area contributed by atoms with Crippen LogP contribution < -0.4 is 0 Å². The van der Waals surface area contributed by atoms with Crippen LogP contribution in [0.25, 0.3) is 0 Å². The van der Waals surface area contributed by atoms with Crippen molar-refractivity contribution >= 4 is 35.0 Å². The van der Waals surface area contributed by atoms with Crippen molar-refractivity contribution in [2.24, 2.45) is 0 Å². The minimum absolute atomic E-state index is 0.482. The standard InChI is InChI=1S/C15H15Cl2NS/c1-10(2)11-3-5-12(6-4-11)19-9-14-13(16)7-8-15(17)18-14/h3-8,10H,9H2,1-2H3. The van der Waals surface area contributed by atoms with Crippen molar-refractivity contribution in [3.63, 3.8) is 0 Å². The van der Waals surface area contributed by atoms with E-state index in [0.29, 0.717) is 16.1 Å². The molecule has 0 spiro atoms. The number of halogens is 2. The van der Waals surface area contributed by atoms with Crippen LogP contribution in [0.1, 0.15) is 31.0 Å². The lowest BCUT2D eigenvalue weighted by Gasteiger charge is -2.07. The summed E-state index contributed by atoms with van der Waals surface area (Å²) in [6.07, 6.45) is 0. The van der Waals surface area contributed by atoms with Gasteiger partial charge in [-0.2, -0.15) is 0 Å². The molecule has 1 heterocycles. The number of thioether (sulfide) groups is 1. The lowest BCUT2D eigenvalue weighted by Crippen LogP contribution is -1.90. The largest absolute Gasteiger partial charge is 0.239 e. The fourth-order valence-corrected chi connectivity index (χ4v) is 2.93. The van der Waals surface area contributed by atoms with Crippen molar-refractivity contribution in [2.75, 3.05) is 0 Å². The Hall–Kier alpha value is -0.700. The van der Waals surface area contributed by atoms with Crippen LogP contribution in [-0.2, 0) is 5.75 Å². The van der Waals surface area contributed by atoms with E-state index >= 15 is 0 Å². The molecule has 19 heavy (non-hydrogen) atoms. The molecule has 0 bridgehead atoms. The van der Waals surface area contributed by atoms with Gasteiger partial charge in [-0.05, 0) is 35.7 Å². The zero-order valence-electron chi connectivity index (χ0n) is 10.9. The molecule has 100 valence electrons. The summed E-state index contributed by atoms with van der Waals surface area (Å²) in [6, 6.07) is 12.1. The van der Waals surface area contributed by atoms with E-state index in [9.17, 15) is 0 Å². The fourth-order valence-electron chi connectivity index (χ4n) is 1.66. The van der Waals surface area contributed by atoms with Crippen molar-refractivity contribution in [3.05, 3.63) is 57.8 Å². The third-order valence-electron chi connectivity index (χ3n) is 2.81. The summed E-state index contributed by atoms with van der Waals surface area (Å²) in [7, 11) is 0. The van der Waals surface area contributed by atoms with Gasteiger partial charge in [0, 0.05) is 10.6 Å². The zero-order valence-corrected chi connectivity index (χ0v) is 13.2. The van der Waals surface area contributed by atoms with Gasteiger partial charge < -0.3 is 0 Å². The maximum atomic E-state index is 6.09. The van der Waals surface area contributed by atoms with Gasteiger partial charge in [0.2, 0.25) is 0 Å². The predicted octanol–water partition coefficient (Wildman–Crippen LogP) is 5.80. The molecule has 4 heteroatoms. The van der Waals surface area contributed by atoms with Crippen LogP contribution in [0, 0.1) is 0 Å². The maximum Gasteiger partial charge on any atom is 0.129 e. The molecule has 0 aliphatic heterocycles. The second-order valence-corrected chi connectivity index (χ2v) is 6.42. The Bertz CT molecular complexity index is 553. The molecule has 2 rings (SSSR count). The Labute approximate surface area is 128 Å². The number of pyridine rings is 1. The van der Waals surface area contributed by atoms with Gasteiger partial charge in [-0.15, -0.1) is 11.8 Å². The van der Waals surface area contributed by atoms with E-state index in [-0.39, 0.29) is 0 Å². The summed E-state index contributed by atoms with van der Waals surface area (Å²) >= 11 is 13.7. The molecular formula is C15H15Cl2NS. The van der Waals surface area contributed by atoms with E-state index < -0.39 is 0 Å². The zero-order chi connectivity index (χ0) is 13.8. The number of hydrogen-bond donors (Lipinski definition) is 0. The van der Waals surface area contributed by atoms with Gasteiger partial charge in [-0.1, -0.05) is 49.2 Å². The van der Waals surface area contributed by atoms with Crippen molar-refractivity contribution in [2.45, 2.75) is 30.4 Å². The van der Waals surface area contributed by atoms with E-state index in [2.05, 4.69) is 43.1 Å². The molecule has 0 aliphatic rings. The first-order valence-electron chi connectivity index (χ1n) is 6.10. The summed E-state index contributed by atoms with van der Waals surface area (Å²) in [5.41, 5.74) is 2.18. The summed E-state index contributed by atoms with van der Waals surface area (Å²) < 4.78 is 0. The molecule has 0 saturated heterocycles.